The average molecular weight is 178 g/mol. The van der Waals surface area contributed by atoms with Gasteiger partial charge >= 0.3 is 0 Å². The van der Waals surface area contributed by atoms with Crippen molar-refractivity contribution in [1.29, 1.82) is 0 Å². The van der Waals surface area contributed by atoms with E-state index in [1.807, 2.05) is 0 Å². The maximum atomic E-state index is 11.5. The van der Waals surface area contributed by atoms with E-state index in [4.69, 9.17) is 12.2 Å². The van der Waals surface area contributed by atoms with Crippen LogP contribution in [0.5, 0.6) is 0 Å². The molecule has 68 valence electrons. The van der Waals surface area contributed by atoms with Gasteiger partial charge in [0.2, 0.25) is 0 Å². The topological polar surface area (TPSA) is 73.8 Å². The number of carbonyl (C=O) groups is 1. The molecule has 5 heteroatoms. The number of aryl methyl sites for hydroxylation is 1. The largest absolute Gasteiger partial charge is 0.320 e. The minimum Gasteiger partial charge on any atom is -0.320 e. The maximum Gasteiger partial charge on any atom is 0.200 e. The molecule has 13 heavy (non-hydrogen) atoms. The molecule has 1 atom stereocenters. The van der Waals surface area contributed by atoms with Crippen LogP contribution in [0.2, 0.25) is 0 Å². The van der Waals surface area contributed by atoms with Crippen LogP contribution in [0.4, 0.5) is 0 Å². The second-order valence-corrected chi connectivity index (χ2v) is 2.62. The van der Waals surface area contributed by atoms with E-state index in [1.165, 1.54) is 10.9 Å². The number of ketones is 1. The minimum absolute atomic E-state index is 0.226. The quantitative estimate of drug-likeness (QED) is 0.493. The van der Waals surface area contributed by atoms with E-state index in [-0.39, 0.29) is 12.2 Å². The van der Waals surface area contributed by atoms with Gasteiger partial charge in [-0.25, -0.2) is 4.68 Å². The number of carbonyl (C=O) groups excluding carboxylic acids is 1. The van der Waals surface area contributed by atoms with Crippen LogP contribution in [-0.2, 0) is 7.05 Å². The molecular formula is C8H10N4O. The van der Waals surface area contributed by atoms with Crippen molar-refractivity contribution in [2.24, 2.45) is 12.8 Å². The van der Waals surface area contributed by atoms with Crippen LogP contribution in [0.15, 0.2) is 6.20 Å². The molecular weight excluding hydrogens is 168 g/mol. The van der Waals surface area contributed by atoms with E-state index >= 15 is 0 Å². The van der Waals surface area contributed by atoms with Gasteiger partial charge in [-0.1, -0.05) is 5.21 Å². The fourth-order valence-electron chi connectivity index (χ4n) is 0.922. The van der Waals surface area contributed by atoms with Crippen molar-refractivity contribution >= 4 is 5.78 Å². The highest BCUT2D eigenvalue weighted by atomic mass is 16.1. The normalized spacial score (nSPS) is 12.1. The second-order valence-electron chi connectivity index (χ2n) is 2.62. The Morgan fingerprint density at radius 2 is 2.62 bits per heavy atom. The molecule has 1 heterocycles. The number of nitrogens with zero attached hydrogens (tertiary/aromatic N) is 3. The third-order valence-corrected chi connectivity index (χ3v) is 1.64. The SMILES string of the molecule is C#CCC(N)C(=O)c1cnnn1C. The first-order chi connectivity index (χ1) is 6.16. The highest BCUT2D eigenvalue weighted by Gasteiger charge is 2.17. The summed E-state index contributed by atoms with van der Waals surface area (Å²) in [5.74, 6) is 2.10. The summed E-state index contributed by atoms with van der Waals surface area (Å²) in [6, 6.07) is -0.665. The number of terminal acetylenes is 1. The molecule has 0 radical (unpaired) electrons. The van der Waals surface area contributed by atoms with Gasteiger partial charge in [-0.3, -0.25) is 4.79 Å². The van der Waals surface area contributed by atoms with Crippen LogP contribution in [0, 0.1) is 12.3 Å². The van der Waals surface area contributed by atoms with Crippen LogP contribution in [0.1, 0.15) is 16.9 Å². The van der Waals surface area contributed by atoms with E-state index in [2.05, 4.69) is 16.2 Å². The smallest absolute Gasteiger partial charge is 0.200 e. The maximum absolute atomic E-state index is 11.5. The Balaban J connectivity index is 2.81. The number of Topliss-reactive ketones (excluding diaryl/α,β-unsaturated/α-hetero) is 1. The van der Waals surface area contributed by atoms with E-state index in [0.29, 0.717) is 5.69 Å². The lowest BCUT2D eigenvalue weighted by atomic mass is 10.1. The van der Waals surface area contributed by atoms with Gasteiger partial charge in [0.25, 0.3) is 0 Å². The summed E-state index contributed by atoms with van der Waals surface area (Å²) in [6.45, 7) is 0. The predicted molar refractivity (Wildman–Crippen MR) is 46.8 cm³/mol. The summed E-state index contributed by atoms with van der Waals surface area (Å²) in [7, 11) is 1.63. The summed E-state index contributed by atoms with van der Waals surface area (Å²) in [4.78, 5) is 11.5. The van der Waals surface area contributed by atoms with Gasteiger partial charge in [-0.2, -0.15) is 0 Å². The third-order valence-electron chi connectivity index (χ3n) is 1.64. The first kappa shape index (κ1) is 9.42. The zero-order valence-electron chi connectivity index (χ0n) is 7.27. The molecule has 0 saturated carbocycles. The van der Waals surface area contributed by atoms with Gasteiger partial charge in [0.15, 0.2) is 5.78 Å². The van der Waals surface area contributed by atoms with Crippen LogP contribution in [-0.4, -0.2) is 26.8 Å². The van der Waals surface area contributed by atoms with Crippen molar-refractivity contribution in [3.63, 3.8) is 0 Å². The summed E-state index contributed by atoms with van der Waals surface area (Å²) < 4.78 is 1.37. The van der Waals surface area contributed by atoms with Gasteiger partial charge in [-0.15, -0.1) is 17.4 Å². The number of rotatable bonds is 3. The molecule has 0 aliphatic carbocycles. The van der Waals surface area contributed by atoms with E-state index in [0.717, 1.165) is 0 Å². The lowest BCUT2D eigenvalue weighted by molar-refractivity contribution is 0.0953. The Labute approximate surface area is 75.9 Å². The van der Waals surface area contributed by atoms with E-state index < -0.39 is 6.04 Å². The molecule has 0 bridgehead atoms. The molecule has 0 saturated heterocycles. The van der Waals surface area contributed by atoms with Crippen LogP contribution >= 0.6 is 0 Å². The molecule has 0 aromatic carbocycles. The molecule has 0 fully saturated rings. The Kier molecular flexibility index (Phi) is 2.77. The lowest BCUT2D eigenvalue weighted by Gasteiger charge is -2.05. The van der Waals surface area contributed by atoms with Gasteiger partial charge in [0, 0.05) is 13.5 Å². The molecule has 1 aromatic rings. The Morgan fingerprint density at radius 1 is 1.92 bits per heavy atom. The van der Waals surface area contributed by atoms with Crippen LogP contribution in [0.25, 0.3) is 0 Å². The van der Waals surface area contributed by atoms with Crippen molar-refractivity contribution in [2.45, 2.75) is 12.5 Å². The highest BCUT2D eigenvalue weighted by molar-refractivity contribution is 5.98. The van der Waals surface area contributed by atoms with E-state index in [1.54, 1.807) is 7.05 Å². The highest BCUT2D eigenvalue weighted by Crippen LogP contribution is 2.00. The Hall–Kier alpha value is -1.67. The summed E-state index contributed by atoms with van der Waals surface area (Å²) in [5, 5.41) is 7.19. The monoisotopic (exact) mass is 178 g/mol. The number of nitrogens with two attached hydrogens (primary N) is 1. The fourth-order valence-corrected chi connectivity index (χ4v) is 0.922. The summed E-state index contributed by atoms with van der Waals surface area (Å²) in [5.41, 5.74) is 5.90. The van der Waals surface area contributed by atoms with Gasteiger partial charge in [0.1, 0.15) is 5.69 Å². The standard InChI is InChI=1S/C8H10N4O/c1-3-4-6(9)8(13)7-5-10-11-12(7)2/h1,5-6H,4,9H2,2H3. The van der Waals surface area contributed by atoms with Crippen molar-refractivity contribution in [3.8, 4) is 12.3 Å². The van der Waals surface area contributed by atoms with E-state index in [9.17, 15) is 4.79 Å². The number of hydrogen-bond acceptors (Lipinski definition) is 4. The summed E-state index contributed by atoms with van der Waals surface area (Å²) in [6.07, 6.45) is 6.64. The molecule has 0 amide bonds. The van der Waals surface area contributed by atoms with Gasteiger partial charge in [0.05, 0.1) is 12.2 Å². The zero-order valence-corrected chi connectivity index (χ0v) is 7.27. The lowest BCUT2D eigenvalue weighted by Crippen LogP contribution is -2.31. The summed E-state index contributed by atoms with van der Waals surface area (Å²) >= 11 is 0. The second kappa shape index (κ2) is 3.83. The molecule has 0 spiro atoms. The molecule has 0 aliphatic heterocycles. The van der Waals surface area contributed by atoms with Crippen LogP contribution < -0.4 is 5.73 Å². The molecule has 0 aliphatic rings. The van der Waals surface area contributed by atoms with Crippen molar-refractivity contribution in [1.82, 2.24) is 15.0 Å². The molecule has 5 nitrogen and oxygen atoms in total. The zero-order chi connectivity index (χ0) is 9.84. The van der Waals surface area contributed by atoms with Crippen molar-refractivity contribution < 1.29 is 4.79 Å². The van der Waals surface area contributed by atoms with Crippen molar-refractivity contribution in [3.05, 3.63) is 11.9 Å². The molecule has 1 rings (SSSR count). The Morgan fingerprint density at radius 3 is 3.08 bits per heavy atom. The number of aromatic nitrogens is 3. The average Bonchev–Trinajstić information content (AvgIpc) is 2.50. The van der Waals surface area contributed by atoms with Crippen LogP contribution in [0.3, 0.4) is 0 Å². The first-order valence-electron chi connectivity index (χ1n) is 3.74. The fraction of sp³-hybridized carbons (Fsp3) is 0.375. The number of hydrogen-bond donors (Lipinski definition) is 1. The molecule has 1 unspecified atom stereocenters. The molecule has 2 N–H and O–H groups in total. The van der Waals surface area contributed by atoms with Gasteiger partial charge in [-0.05, 0) is 0 Å². The predicted octanol–water partition coefficient (Wildman–Crippen LogP) is -0.652. The van der Waals surface area contributed by atoms with Gasteiger partial charge < -0.3 is 5.73 Å². The molecule has 1 aromatic heterocycles. The minimum atomic E-state index is -0.665. The Bertz CT molecular complexity index is 349. The third kappa shape index (κ3) is 1.92. The first-order valence-corrected chi connectivity index (χ1v) is 3.74. The van der Waals surface area contributed by atoms with Crippen molar-refractivity contribution in [2.75, 3.05) is 0 Å².